The number of furan rings is 1. The molecule has 23 heavy (non-hydrogen) atoms. The monoisotopic (exact) mass is 315 g/mol. The van der Waals surface area contributed by atoms with Gasteiger partial charge in [0.1, 0.15) is 18.1 Å². The summed E-state index contributed by atoms with van der Waals surface area (Å²) in [7, 11) is 1.65. The fourth-order valence-corrected chi connectivity index (χ4v) is 3.36. The fraction of sp³-hybridized carbons (Fsp3) is 0.529. The van der Waals surface area contributed by atoms with Crippen LogP contribution in [-0.2, 0) is 11.3 Å². The molecule has 2 aromatic heterocycles. The molecule has 122 valence electrons. The zero-order valence-corrected chi connectivity index (χ0v) is 13.3. The summed E-state index contributed by atoms with van der Waals surface area (Å²) < 4.78 is 12.8. The SMILES string of the molecule is COCc1ccc([C@H]2CCCN2c2nccn(C3CC3)c2=O)o1. The van der Waals surface area contributed by atoms with E-state index in [0.717, 1.165) is 43.7 Å². The Morgan fingerprint density at radius 2 is 2.22 bits per heavy atom. The minimum atomic E-state index is 0.0190. The van der Waals surface area contributed by atoms with E-state index < -0.39 is 0 Å². The van der Waals surface area contributed by atoms with Crippen LogP contribution in [0.1, 0.15) is 49.3 Å². The molecule has 0 aromatic carbocycles. The maximum atomic E-state index is 12.7. The quantitative estimate of drug-likeness (QED) is 0.849. The highest BCUT2D eigenvalue weighted by Gasteiger charge is 2.33. The largest absolute Gasteiger partial charge is 0.461 e. The van der Waals surface area contributed by atoms with Crippen LogP contribution in [0.25, 0.3) is 0 Å². The van der Waals surface area contributed by atoms with Gasteiger partial charge in [0.15, 0.2) is 5.82 Å². The molecule has 1 aliphatic carbocycles. The highest BCUT2D eigenvalue weighted by atomic mass is 16.5. The van der Waals surface area contributed by atoms with Gasteiger partial charge >= 0.3 is 0 Å². The Labute approximate surface area is 134 Å². The van der Waals surface area contributed by atoms with Crippen molar-refractivity contribution in [1.29, 1.82) is 0 Å². The van der Waals surface area contributed by atoms with Gasteiger partial charge in [-0.15, -0.1) is 0 Å². The van der Waals surface area contributed by atoms with Crippen molar-refractivity contribution in [2.45, 2.75) is 44.4 Å². The first-order chi connectivity index (χ1) is 11.3. The minimum absolute atomic E-state index is 0.0190. The highest BCUT2D eigenvalue weighted by Crippen LogP contribution is 2.36. The molecule has 0 N–H and O–H groups in total. The second kappa shape index (κ2) is 5.85. The van der Waals surface area contributed by atoms with Crippen LogP contribution >= 0.6 is 0 Å². The van der Waals surface area contributed by atoms with Crippen LogP contribution in [0.5, 0.6) is 0 Å². The molecule has 1 atom stereocenters. The van der Waals surface area contributed by atoms with E-state index in [1.54, 1.807) is 19.5 Å². The van der Waals surface area contributed by atoms with Crippen LogP contribution in [0.15, 0.2) is 33.7 Å². The van der Waals surface area contributed by atoms with Gasteiger partial charge in [-0.3, -0.25) is 4.79 Å². The third kappa shape index (κ3) is 2.67. The van der Waals surface area contributed by atoms with Gasteiger partial charge in [-0.25, -0.2) is 4.98 Å². The summed E-state index contributed by atoms with van der Waals surface area (Å²) in [5, 5.41) is 0. The highest BCUT2D eigenvalue weighted by molar-refractivity contribution is 5.41. The number of aromatic nitrogens is 2. The van der Waals surface area contributed by atoms with E-state index in [9.17, 15) is 4.79 Å². The topological polar surface area (TPSA) is 60.5 Å². The lowest BCUT2D eigenvalue weighted by molar-refractivity contribution is 0.162. The number of anilines is 1. The molecule has 2 fully saturated rings. The average Bonchev–Trinajstić information content (AvgIpc) is 3.09. The zero-order chi connectivity index (χ0) is 15.8. The van der Waals surface area contributed by atoms with Gasteiger partial charge in [0.25, 0.3) is 5.56 Å². The molecule has 1 saturated carbocycles. The first-order valence-electron chi connectivity index (χ1n) is 8.19. The van der Waals surface area contributed by atoms with E-state index in [4.69, 9.17) is 9.15 Å². The summed E-state index contributed by atoms with van der Waals surface area (Å²) in [5.74, 6) is 2.25. The van der Waals surface area contributed by atoms with E-state index in [2.05, 4.69) is 9.88 Å². The second-order valence-electron chi connectivity index (χ2n) is 6.28. The second-order valence-corrected chi connectivity index (χ2v) is 6.28. The molecule has 4 rings (SSSR count). The minimum Gasteiger partial charge on any atom is -0.461 e. The van der Waals surface area contributed by atoms with Crippen LogP contribution in [-0.4, -0.2) is 23.2 Å². The van der Waals surface area contributed by atoms with Gasteiger partial charge < -0.3 is 18.6 Å². The van der Waals surface area contributed by atoms with Crippen LogP contribution in [0.4, 0.5) is 5.82 Å². The standard InChI is InChI=1S/C17H21N3O3/c1-22-11-13-6-7-15(23-13)14-3-2-9-20(14)16-17(21)19(10-8-18-16)12-4-5-12/h6-8,10,12,14H,2-5,9,11H2,1H3/t14-/m1/s1. The lowest BCUT2D eigenvalue weighted by atomic mass is 10.1. The smallest absolute Gasteiger partial charge is 0.293 e. The maximum Gasteiger partial charge on any atom is 0.293 e. The molecular weight excluding hydrogens is 294 g/mol. The number of rotatable bonds is 5. The lowest BCUT2D eigenvalue weighted by Crippen LogP contribution is -2.32. The van der Waals surface area contributed by atoms with Crippen LogP contribution in [0.2, 0.25) is 0 Å². The van der Waals surface area contributed by atoms with Gasteiger partial charge in [-0.05, 0) is 37.8 Å². The molecule has 3 heterocycles. The summed E-state index contributed by atoms with van der Waals surface area (Å²) in [6, 6.07) is 4.37. The van der Waals surface area contributed by atoms with Gasteiger partial charge in [0.05, 0.1) is 6.04 Å². The molecule has 0 unspecified atom stereocenters. The Morgan fingerprint density at radius 3 is 3.00 bits per heavy atom. The first kappa shape index (κ1) is 14.5. The Balaban J connectivity index is 1.65. The Kier molecular flexibility index (Phi) is 3.69. The predicted octanol–water partition coefficient (Wildman–Crippen LogP) is 2.66. The summed E-state index contributed by atoms with van der Waals surface area (Å²) in [4.78, 5) is 19.2. The number of nitrogens with zero attached hydrogens (tertiary/aromatic N) is 3. The molecule has 0 amide bonds. The van der Waals surface area contributed by atoms with Crippen LogP contribution in [0.3, 0.4) is 0 Å². The van der Waals surface area contributed by atoms with Crippen molar-refractivity contribution >= 4 is 5.82 Å². The molecule has 6 nitrogen and oxygen atoms in total. The van der Waals surface area contributed by atoms with Crippen molar-refractivity contribution in [2.24, 2.45) is 0 Å². The Bertz CT molecular complexity index is 748. The summed E-state index contributed by atoms with van der Waals surface area (Å²) in [6.07, 6.45) is 7.72. The van der Waals surface area contributed by atoms with Crippen LogP contribution < -0.4 is 10.5 Å². The third-order valence-electron chi connectivity index (χ3n) is 4.61. The average molecular weight is 315 g/mol. The maximum absolute atomic E-state index is 12.7. The molecule has 0 bridgehead atoms. The van der Waals surface area contributed by atoms with Crippen molar-refractivity contribution < 1.29 is 9.15 Å². The van der Waals surface area contributed by atoms with Gasteiger partial charge in [0.2, 0.25) is 0 Å². The van der Waals surface area contributed by atoms with E-state index in [1.165, 1.54) is 0 Å². The van der Waals surface area contributed by atoms with E-state index in [-0.39, 0.29) is 11.6 Å². The molecular formula is C17H21N3O3. The molecule has 0 spiro atoms. The third-order valence-corrected chi connectivity index (χ3v) is 4.61. The van der Waals surface area contributed by atoms with Gasteiger partial charge in [0, 0.05) is 32.1 Å². The molecule has 0 radical (unpaired) electrons. The molecule has 2 aromatic rings. The number of hydrogen-bond acceptors (Lipinski definition) is 5. The molecule has 2 aliphatic rings. The Morgan fingerprint density at radius 1 is 1.35 bits per heavy atom. The molecule has 1 aliphatic heterocycles. The predicted molar refractivity (Wildman–Crippen MR) is 85.5 cm³/mol. The van der Waals surface area contributed by atoms with E-state index in [1.807, 2.05) is 16.7 Å². The first-order valence-corrected chi connectivity index (χ1v) is 8.19. The van der Waals surface area contributed by atoms with E-state index in [0.29, 0.717) is 18.5 Å². The zero-order valence-electron chi connectivity index (χ0n) is 13.3. The molecule has 6 heteroatoms. The normalized spacial score (nSPS) is 21.1. The van der Waals surface area contributed by atoms with Gasteiger partial charge in [-0.1, -0.05) is 0 Å². The van der Waals surface area contributed by atoms with Crippen molar-refractivity contribution in [2.75, 3.05) is 18.6 Å². The molecule has 1 saturated heterocycles. The Hall–Kier alpha value is -2.08. The number of hydrogen-bond donors (Lipinski definition) is 0. The summed E-state index contributed by atoms with van der Waals surface area (Å²) in [5.41, 5.74) is 0.0190. The van der Waals surface area contributed by atoms with Crippen LogP contribution in [0, 0.1) is 0 Å². The number of ether oxygens (including phenoxy) is 1. The summed E-state index contributed by atoms with van der Waals surface area (Å²) >= 11 is 0. The number of methoxy groups -OCH3 is 1. The van der Waals surface area contributed by atoms with Crippen molar-refractivity contribution in [3.8, 4) is 0 Å². The lowest BCUT2D eigenvalue weighted by Gasteiger charge is -2.24. The summed E-state index contributed by atoms with van der Waals surface area (Å²) in [6.45, 7) is 1.30. The fourth-order valence-electron chi connectivity index (χ4n) is 3.36. The van der Waals surface area contributed by atoms with Crippen molar-refractivity contribution in [3.05, 3.63) is 46.4 Å². The van der Waals surface area contributed by atoms with Crippen molar-refractivity contribution in [1.82, 2.24) is 9.55 Å². The van der Waals surface area contributed by atoms with E-state index >= 15 is 0 Å². The van der Waals surface area contributed by atoms with Crippen molar-refractivity contribution in [3.63, 3.8) is 0 Å². The van der Waals surface area contributed by atoms with Gasteiger partial charge in [-0.2, -0.15) is 0 Å².